The first-order chi connectivity index (χ1) is 13.9. The van der Waals surface area contributed by atoms with Gasteiger partial charge in [0.25, 0.3) is 0 Å². The molecule has 1 aromatic carbocycles. The molecule has 0 aliphatic rings. The van der Waals surface area contributed by atoms with Crippen molar-refractivity contribution >= 4 is 17.9 Å². The third-order valence-electron chi connectivity index (χ3n) is 4.51. The van der Waals surface area contributed by atoms with E-state index in [2.05, 4.69) is 29.6 Å². The summed E-state index contributed by atoms with van der Waals surface area (Å²) in [6, 6.07) is 9.69. The van der Waals surface area contributed by atoms with Crippen LogP contribution >= 0.6 is 0 Å². The minimum atomic E-state index is -4.61. The molecule has 5 nitrogen and oxygen atoms in total. The Hall–Kier alpha value is -2.46. The van der Waals surface area contributed by atoms with E-state index in [1.807, 2.05) is 0 Å². The lowest BCUT2D eigenvalue weighted by atomic mass is 10.2. The molecule has 3 aromatic rings. The third kappa shape index (κ3) is 5.17. The fraction of sp³-hybridized carbons (Fsp3) is 0.300. The van der Waals surface area contributed by atoms with E-state index in [-0.39, 0.29) is 16.5 Å². The van der Waals surface area contributed by atoms with Gasteiger partial charge in [-0.05, 0) is 42.4 Å². The van der Waals surface area contributed by atoms with Gasteiger partial charge in [-0.15, -0.1) is 0 Å². The third-order valence-corrected chi connectivity index (χ3v) is 8.36. The van der Waals surface area contributed by atoms with Crippen LogP contribution in [0.5, 0.6) is 0 Å². The molecule has 0 aliphatic carbocycles. The van der Waals surface area contributed by atoms with E-state index in [0.717, 1.165) is 6.20 Å². The SMILES string of the molecule is C[Si](C)(C)CCS(=O)(=O)c1ccc(-n2cc(C(F)(F)F)nc2-c2cccnc2)cc1. The summed E-state index contributed by atoms with van der Waals surface area (Å²) in [5, 5.41) is 0. The van der Waals surface area contributed by atoms with Gasteiger partial charge in [-0.1, -0.05) is 19.6 Å². The van der Waals surface area contributed by atoms with E-state index in [1.165, 1.54) is 41.2 Å². The van der Waals surface area contributed by atoms with Gasteiger partial charge in [0.2, 0.25) is 0 Å². The number of imidazole rings is 1. The van der Waals surface area contributed by atoms with Crippen molar-refractivity contribution in [2.45, 2.75) is 36.8 Å². The standard InChI is InChI=1S/C20H22F3N3O2SSi/c1-30(2,3)12-11-29(27,28)17-8-6-16(7-9-17)26-14-18(20(21,22)23)25-19(26)15-5-4-10-24-13-15/h4-10,13-14H,11-12H2,1-3H3. The van der Waals surface area contributed by atoms with Gasteiger partial charge in [0.15, 0.2) is 15.5 Å². The normalized spacial score (nSPS) is 12.9. The average molecular weight is 454 g/mol. The minimum absolute atomic E-state index is 0.0618. The predicted octanol–water partition coefficient (Wildman–Crippen LogP) is 5.07. The smallest absolute Gasteiger partial charge is 0.299 e. The molecule has 0 amide bonds. The number of rotatable bonds is 6. The summed E-state index contributed by atoms with van der Waals surface area (Å²) < 4.78 is 66.2. The van der Waals surface area contributed by atoms with E-state index >= 15 is 0 Å². The maximum Gasteiger partial charge on any atom is 0.434 e. The number of alkyl halides is 3. The van der Waals surface area contributed by atoms with Gasteiger partial charge < -0.3 is 0 Å². The zero-order chi connectivity index (χ0) is 22.2. The molecule has 0 saturated carbocycles. The minimum Gasteiger partial charge on any atom is -0.299 e. The molecule has 0 bridgehead atoms. The monoisotopic (exact) mass is 453 g/mol. The number of benzene rings is 1. The number of hydrogen-bond donors (Lipinski definition) is 0. The Kier molecular flexibility index (Phi) is 5.92. The highest BCUT2D eigenvalue weighted by molar-refractivity contribution is 7.91. The Bertz CT molecular complexity index is 1120. The van der Waals surface area contributed by atoms with Gasteiger partial charge in [0.05, 0.1) is 10.6 Å². The maximum atomic E-state index is 13.2. The van der Waals surface area contributed by atoms with E-state index < -0.39 is 29.8 Å². The Labute approximate surface area is 174 Å². The second kappa shape index (κ2) is 7.99. The van der Waals surface area contributed by atoms with Crippen molar-refractivity contribution in [1.82, 2.24) is 14.5 Å². The van der Waals surface area contributed by atoms with Crippen LogP contribution in [0, 0.1) is 0 Å². The Morgan fingerprint density at radius 1 is 1.07 bits per heavy atom. The second-order valence-corrected chi connectivity index (χ2v) is 15.9. The topological polar surface area (TPSA) is 64.8 Å². The van der Waals surface area contributed by atoms with Crippen LogP contribution in [0.25, 0.3) is 17.1 Å². The number of pyridine rings is 1. The van der Waals surface area contributed by atoms with Crippen LogP contribution in [0.15, 0.2) is 59.9 Å². The molecular formula is C20H22F3N3O2SSi. The van der Waals surface area contributed by atoms with Gasteiger partial charge in [0.1, 0.15) is 5.82 Å². The molecule has 0 fully saturated rings. The highest BCUT2D eigenvalue weighted by Crippen LogP contribution is 2.32. The molecule has 0 spiro atoms. The lowest BCUT2D eigenvalue weighted by Gasteiger charge is -2.15. The average Bonchev–Trinajstić information content (AvgIpc) is 3.13. The van der Waals surface area contributed by atoms with Crippen molar-refractivity contribution in [2.24, 2.45) is 0 Å². The highest BCUT2D eigenvalue weighted by atomic mass is 32.2. The molecule has 160 valence electrons. The largest absolute Gasteiger partial charge is 0.434 e. The molecule has 0 atom stereocenters. The molecule has 3 rings (SSSR count). The molecule has 10 heteroatoms. The number of hydrogen-bond acceptors (Lipinski definition) is 4. The van der Waals surface area contributed by atoms with Crippen molar-refractivity contribution in [3.8, 4) is 17.1 Å². The fourth-order valence-electron chi connectivity index (χ4n) is 2.78. The van der Waals surface area contributed by atoms with Gasteiger partial charge in [0, 0.05) is 37.9 Å². The van der Waals surface area contributed by atoms with Crippen LogP contribution in [-0.4, -0.2) is 36.8 Å². The van der Waals surface area contributed by atoms with Crippen molar-refractivity contribution in [2.75, 3.05) is 5.75 Å². The van der Waals surface area contributed by atoms with E-state index in [4.69, 9.17) is 0 Å². The molecule has 2 heterocycles. The molecule has 0 aliphatic heterocycles. The molecule has 0 radical (unpaired) electrons. The zero-order valence-electron chi connectivity index (χ0n) is 16.8. The van der Waals surface area contributed by atoms with Crippen molar-refractivity contribution in [3.05, 3.63) is 60.7 Å². The zero-order valence-corrected chi connectivity index (χ0v) is 18.6. The van der Waals surface area contributed by atoms with Crippen LogP contribution in [-0.2, 0) is 16.0 Å². The molecule has 0 saturated heterocycles. The van der Waals surface area contributed by atoms with Gasteiger partial charge in [-0.3, -0.25) is 9.55 Å². The predicted molar refractivity (Wildman–Crippen MR) is 112 cm³/mol. The van der Waals surface area contributed by atoms with E-state index in [1.54, 1.807) is 12.1 Å². The van der Waals surface area contributed by atoms with Gasteiger partial charge >= 0.3 is 6.18 Å². The summed E-state index contributed by atoms with van der Waals surface area (Å²) in [7, 11) is -4.98. The van der Waals surface area contributed by atoms with Crippen molar-refractivity contribution in [3.63, 3.8) is 0 Å². The molecular weight excluding hydrogens is 431 g/mol. The van der Waals surface area contributed by atoms with E-state index in [0.29, 0.717) is 17.3 Å². The summed E-state index contributed by atoms with van der Waals surface area (Å²) in [5.41, 5.74) is -0.242. The summed E-state index contributed by atoms with van der Waals surface area (Å²) >= 11 is 0. The summed E-state index contributed by atoms with van der Waals surface area (Å²) in [5.74, 6) is 0.136. The first kappa shape index (κ1) is 22.2. The summed E-state index contributed by atoms with van der Waals surface area (Å²) in [6.07, 6.45) is -0.769. The Morgan fingerprint density at radius 3 is 2.27 bits per heavy atom. The van der Waals surface area contributed by atoms with Gasteiger partial charge in [-0.25, -0.2) is 13.4 Å². The fourth-order valence-corrected chi connectivity index (χ4v) is 7.10. The number of halogens is 3. The Morgan fingerprint density at radius 2 is 1.73 bits per heavy atom. The summed E-state index contributed by atoms with van der Waals surface area (Å²) in [6.45, 7) is 6.30. The lowest BCUT2D eigenvalue weighted by molar-refractivity contribution is -0.140. The number of sulfone groups is 1. The number of aromatic nitrogens is 3. The summed E-state index contributed by atoms with van der Waals surface area (Å²) in [4.78, 5) is 7.84. The molecule has 0 N–H and O–H groups in total. The van der Waals surface area contributed by atoms with Crippen LogP contribution in [0.3, 0.4) is 0 Å². The molecule has 30 heavy (non-hydrogen) atoms. The maximum absolute atomic E-state index is 13.2. The lowest BCUT2D eigenvalue weighted by Crippen LogP contribution is -2.23. The quantitative estimate of drug-likeness (QED) is 0.489. The van der Waals surface area contributed by atoms with Crippen molar-refractivity contribution < 1.29 is 21.6 Å². The first-order valence-corrected chi connectivity index (χ1v) is 14.6. The number of nitrogens with zero attached hydrogens (tertiary/aromatic N) is 3. The first-order valence-electron chi connectivity index (χ1n) is 9.27. The van der Waals surface area contributed by atoms with Gasteiger partial charge in [-0.2, -0.15) is 13.2 Å². The van der Waals surface area contributed by atoms with Crippen LogP contribution in [0.4, 0.5) is 13.2 Å². The molecule has 2 aromatic heterocycles. The van der Waals surface area contributed by atoms with Crippen LogP contribution in [0.2, 0.25) is 25.7 Å². The Balaban J connectivity index is 1.99. The van der Waals surface area contributed by atoms with Crippen molar-refractivity contribution in [1.29, 1.82) is 0 Å². The van der Waals surface area contributed by atoms with Crippen LogP contribution in [0.1, 0.15) is 5.69 Å². The highest BCUT2D eigenvalue weighted by Gasteiger charge is 2.35. The van der Waals surface area contributed by atoms with Crippen LogP contribution < -0.4 is 0 Å². The second-order valence-electron chi connectivity index (χ2n) is 8.18. The van der Waals surface area contributed by atoms with E-state index in [9.17, 15) is 21.6 Å². The molecule has 0 unspecified atom stereocenters.